The Kier molecular flexibility index (Phi) is 6.47. The molecular formula is C27H32N10O2. The number of amides is 1. The molecule has 2 fully saturated rings. The lowest BCUT2D eigenvalue weighted by atomic mass is 10.1. The average Bonchev–Trinajstić information content (AvgIpc) is 3.54. The minimum Gasteiger partial charge on any atom is -0.489 e. The van der Waals surface area contributed by atoms with Crippen LogP contribution in [0.3, 0.4) is 0 Å². The van der Waals surface area contributed by atoms with Crippen LogP contribution < -0.4 is 15.0 Å². The molecule has 1 saturated carbocycles. The van der Waals surface area contributed by atoms with Crippen LogP contribution in [0.5, 0.6) is 5.75 Å². The molecule has 2 aliphatic heterocycles. The first-order chi connectivity index (χ1) is 18.6. The number of tetrazole rings is 1. The minimum atomic E-state index is -0.320. The highest BCUT2D eigenvalue weighted by atomic mass is 16.5. The number of fused-ring (bicyclic) bond motifs is 3. The van der Waals surface area contributed by atoms with Gasteiger partial charge in [-0.15, -0.1) is 5.10 Å². The van der Waals surface area contributed by atoms with Crippen molar-refractivity contribution in [2.75, 3.05) is 50.1 Å². The maximum atomic E-state index is 13.5. The van der Waals surface area contributed by atoms with Gasteiger partial charge in [0, 0.05) is 38.3 Å². The van der Waals surface area contributed by atoms with E-state index in [0.29, 0.717) is 42.0 Å². The van der Waals surface area contributed by atoms with Crippen molar-refractivity contribution in [1.29, 1.82) is 0 Å². The predicted molar refractivity (Wildman–Crippen MR) is 146 cm³/mol. The Morgan fingerprint density at radius 1 is 1.08 bits per heavy atom. The van der Waals surface area contributed by atoms with E-state index in [9.17, 15) is 4.79 Å². The fraction of sp³-hybridized carbons (Fsp3) is 0.407. The number of anilines is 2. The summed E-state index contributed by atoms with van der Waals surface area (Å²) in [5.41, 5.74) is 4.60. The largest absolute Gasteiger partial charge is 0.489 e. The lowest BCUT2D eigenvalue weighted by molar-refractivity contribution is 0.102. The molecule has 0 bridgehead atoms. The molecule has 1 amide bonds. The summed E-state index contributed by atoms with van der Waals surface area (Å²) in [5.74, 6) is 1.38. The molecule has 5 heterocycles. The number of imidazole rings is 1. The van der Waals surface area contributed by atoms with Crippen molar-refractivity contribution in [2.45, 2.75) is 32.7 Å². The zero-order chi connectivity index (χ0) is 25.6. The van der Waals surface area contributed by atoms with E-state index in [-0.39, 0.29) is 13.3 Å². The van der Waals surface area contributed by atoms with Gasteiger partial charge in [-0.1, -0.05) is 13.5 Å². The number of carbonyl (C=O) groups is 1. The third-order valence-electron chi connectivity index (χ3n) is 7.40. The molecule has 0 spiro atoms. The van der Waals surface area contributed by atoms with Crippen LogP contribution in [0.15, 0.2) is 43.0 Å². The monoisotopic (exact) mass is 528 g/mol. The number of pyridine rings is 1. The van der Waals surface area contributed by atoms with Crippen LogP contribution in [0, 0.1) is 0 Å². The second-order valence-corrected chi connectivity index (χ2v) is 10.0. The van der Waals surface area contributed by atoms with E-state index in [2.05, 4.69) is 53.9 Å². The normalized spacial score (nSPS) is 16.9. The van der Waals surface area contributed by atoms with Gasteiger partial charge in [0.25, 0.3) is 5.91 Å². The smallest absolute Gasteiger partial charge is 0.274 e. The van der Waals surface area contributed by atoms with E-state index in [0.717, 1.165) is 48.8 Å². The van der Waals surface area contributed by atoms with Gasteiger partial charge < -0.3 is 24.4 Å². The summed E-state index contributed by atoms with van der Waals surface area (Å²) in [5, 5.41) is 15.0. The third kappa shape index (κ3) is 4.71. The second kappa shape index (κ2) is 10.1. The number of para-hydroxylation sites is 1. The van der Waals surface area contributed by atoms with Gasteiger partial charge in [-0.05, 0) is 48.5 Å². The van der Waals surface area contributed by atoms with E-state index in [1.165, 1.54) is 12.8 Å². The Hall–Kier alpha value is -4.32. The van der Waals surface area contributed by atoms with Crippen LogP contribution in [-0.4, -0.2) is 85.4 Å². The van der Waals surface area contributed by atoms with Crippen molar-refractivity contribution in [1.82, 2.24) is 39.6 Å². The van der Waals surface area contributed by atoms with Crippen LogP contribution in [-0.2, 0) is 6.54 Å². The summed E-state index contributed by atoms with van der Waals surface area (Å²) in [4.78, 5) is 27.4. The fourth-order valence-electron chi connectivity index (χ4n) is 5.05. The van der Waals surface area contributed by atoms with E-state index in [1.54, 1.807) is 4.68 Å². The molecule has 3 aromatic heterocycles. The Balaban J connectivity index is 0.00000277. The van der Waals surface area contributed by atoms with Gasteiger partial charge in [-0.3, -0.25) is 4.79 Å². The molecule has 12 heteroatoms. The molecule has 12 nitrogen and oxygen atoms in total. The first-order valence-electron chi connectivity index (χ1n) is 13.0. The van der Waals surface area contributed by atoms with E-state index >= 15 is 0 Å². The molecule has 202 valence electrons. The van der Waals surface area contributed by atoms with Crippen LogP contribution >= 0.6 is 0 Å². The van der Waals surface area contributed by atoms with Crippen molar-refractivity contribution in [2.24, 2.45) is 0 Å². The van der Waals surface area contributed by atoms with Gasteiger partial charge >= 0.3 is 0 Å². The molecule has 1 aliphatic carbocycles. The molecule has 0 unspecified atom stereocenters. The van der Waals surface area contributed by atoms with Crippen LogP contribution in [0.2, 0.25) is 0 Å². The number of nitrogens with zero attached hydrogens (tertiary/aromatic N) is 9. The number of hydrogen-bond donors (Lipinski definition) is 1. The second-order valence-electron chi connectivity index (χ2n) is 10.0. The van der Waals surface area contributed by atoms with Crippen LogP contribution in [0.25, 0.3) is 17.1 Å². The van der Waals surface area contributed by atoms with Crippen molar-refractivity contribution in [3.8, 4) is 22.8 Å². The Morgan fingerprint density at radius 2 is 1.92 bits per heavy atom. The number of hydrogen-bond acceptors (Lipinski definition) is 9. The van der Waals surface area contributed by atoms with E-state index in [1.807, 2.05) is 41.4 Å². The molecule has 1 saturated heterocycles. The summed E-state index contributed by atoms with van der Waals surface area (Å²) < 4.78 is 9.72. The topological polar surface area (TPSA) is 119 Å². The standard InChI is InChI=1S/C26H28N10O2.CH4/c1-33-7-9-34(10-8-33)23-14-27-20(13-22(23)35-15-21(28-16-35)17-5-6-17)26(37)29-19-4-2-3-18-24(19)38-12-11-36-25(18)30-31-32-36;/h2-4,13-17H,5-12H2,1H3,(H,29,37);1H4. The number of piperazine rings is 1. The van der Waals surface area contributed by atoms with Crippen molar-refractivity contribution < 1.29 is 9.53 Å². The van der Waals surface area contributed by atoms with Crippen molar-refractivity contribution in [3.63, 3.8) is 0 Å². The zero-order valence-electron chi connectivity index (χ0n) is 21.1. The highest BCUT2D eigenvalue weighted by Gasteiger charge is 2.27. The number of rotatable bonds is 5. The van der Waals surface area contributed by atoms with Gasteiger partial charge in [-0.2, -0.15) is 0 Å². The number of aromatic nitrogens is 7. The van der Waals surface area contributed by atoms with E-state index in [4.69, 9.17) is 4.74 Å². The average molecular weight is 529 g/mol. The van der Waals surface area contributed by atoms with Gasteiger partial charge in [0.2, 0.25) is 0 Å². The summed E-state index contributed by atoms with van der Waals surface area (Å²) in [6.45, 7) is 4.66. The Morgan fingerprint density at radius 3 is 2.74 bits per heavy atom. The highest BCUT2D eigenvalue weighted by molar-refractivity contribution is 6.05. The number of likely N-dealkylation sites (N-methyl/N-ethyl adjacent to an activating group) is 1. The number of ether oxygens (including phenoxy) is 1. The first kappa shape index (κ1) is 25.0. The van der Waals surface area contributed by atoms with Crippen LogP contribution in [0.1, 0.15) is 42.4 Å². The maximum absolute atomic E-state index is 13.5. The highest BCUT2D eigenvalue weighted by Crippen LogP contribution is 2.40. The molecule has 1 aromatic carbocycles. The Bertz CT molecular complexity index is 1500. The molecule has 7 rings (SSSR count). The molecule has 4 aromatic rings. The van der Waals surface area contributed by atoms with Gasteiger partial charge in [-0.25, -0.2) is 14.6 Å². The predicted octanol–water partition coefficient (Wildman–Crippen LogP) is 2.83. The lowest BCUT2D eigenvalue weighted by Gasteiger charge is -2.35. The molecule has 0 radical (unpaired) electrons. The molecule has 1 N–H and O–H groups in total. The quantitative estimate of drug-likeness (QED) is 0.417. The summed E-state index contributed by atoms with van der Waals surface area (Å²) >= 11 is 0. The molecule has 0 atom stereocenters. The fourth-order valence-corrected chi connectivity index (χ4v) is 5.05. The van der Waals surface area contributed by atoms with Gasteiger partial charge in [0.05, 0.1) is 47.4 Å². The van der Waals surface area contributed by atoms with Gasteiger partial charge in [0.15, 0.2) is 11.6 Å². The van der Waals surface area contributed by atoms with E-state index < -0.39 is 0 Å². The lowest BCUT2D eigenvalue weighted by Crippen LogP contribution is -2.44. The first-order valence-corrected chi connectivity index (χ1v) is 13.0. The summed E-state index contributed by atoms with van der Waals surface area (Å²) in [7, 11) is 2.13. The third-order valence-corrected chi connectivity index (χ3v) is 7.40. The molecule has 3 aliphatic rings. The number of carbonyl (C=O) groups excluding carboxylic acids is 1. The SMILES string of the molecule is C.CN1CCN(c2cnc(C(=O)Nc3cccc4c3OCCn3nnnc3-4)cc2-n2cnc(C3CC3)c2)CC1. The number of nitrogens with one attached hydrogen (secondary N) is 1. The maximum Gasteiger partial charge on any atom is 0.274 e. The minimum absolute atomic E-state index is 0. The molecular weight excluding hydrogens is 496 g/mol. The Labute approximate surface area is 226 Å². The number of benzene rings is 1. The van der Waals surface area contributed by atoms with Gasteiger partial charge in [0.1, 0.15) is 12.3 Å². The van der Waals surface area contributed by atoms with Crippen molar-refractivity contribution >= 4 is 17.3 Å². The molecule has 39 heavy (non-hydrogen) atoms. The summed E-state index contributed by atoms with van der Waals surface area (Å²) in [6, 6.07) is 7.40. The van der Waals surface area contributed by atoms with Crippen molar-refractivity contribution in [3.05, 3.63) is 54.4 Å². The van der Waals surface area contributed by atoms with Crippen LogP contribution in [0.4, 0.5) is 11.4 Å². The summed E-state index contributed by atoms with van der Waals surface area (Å²) in [6.07, 6.45) is 8.11. The zero-order valence-corrected chi connectivity index (χ0v) is 21.1.